The van der Waals surface area contributed by atoms with Gasteiger partial charge in [-0.2, -0.15) is 18.2 Å². The van der Waals surface area contributed by atoms with Crippen LogP contribution in [0.5, 0.6) is 5.75 Å². The van der Waals surface area contributed by atoms with E-state index < -0.39 is 24.0 Å². The van der Waals surface area contributed by atoms with Gasteiger partial charge in [0.1, 0.15) is 28.9 Å². The molecule has 1 aliphatic heterocycles. The van der Waals surface area contributed by atoms with E-state index in [1.165, 1.54) is 6.07 Å². The van der Waals surface area contributed by atoms with Gasteiger partial charge in [0.25, 0.3) is 0 Å². The molecule has 2 aromatic heterocycles. The molecule has 2 aromatic rings. The van der Waals surface area contributed by atoms with E-state index in [0.29, 0.717) is 48.3 Å². The molecule has 0 aromatic carbocycles. The first-order valence-corrected chi connectivity index (χ1v) is 10.9. The Hall–Kier alpha value is -3.41. The number of carbonyl (C=O) groups is 1. The maximum atomic E-state index is 12.7. The van der Waals surface area contributed by atoms with Crippen molar-refractivity contribution in [2.45, 2.75) is 58.0 Å². The van der Waals surface area contributed by atoms with Crippen LogP contribution < -0.4 is 20.3 Å². The van der Waals surface area contributed by atoms with Crippen molar-refractivity contribution >= 4 is 23.4 Å². The number of aromatic nitrogens is 3. The highest BCUT2D eigenvalue weighted by molar-refractivity contribution is 6.03. The number of aliphatic hydroxyl groups is 1. The summed E-state index contributed by atoms with van der Waals surface area (Å²) in [5.74, 6) is 1.41. The highest BCUT2D eigenvalue weighted by atomic mass is 19.4. The molecule has 1 aliphatic carbocycles. The monoisotopic (exact) mass is 478 g/mol. The van der Waals surface area contributed by atoms with E-state index in [2.05, 4.69) is 25.6 Å². The van der Waals surface area contributed by atoms with Crippen LogP contribution in [-0.2, 0) is 11.0 Å². The van der Waals surface area contributed by atoms with Crippen molar-refractivity contribution < 1.29 is 27.8 Å². The first-order chi connectivity index (χ1) is 16.1. The van der Waals surface area contributed by atoms with Crippen LogP contribution in [0.3, 0.4) is 0 Å². The number of anilines is 3. The largest absolute Gasteiger partial charge is 0.460 e. The van der Waals surface area contributed by atoms with Crippen LogP contribution in [0.15, 0.2) is 30.2 Å². The van der Waals surface area contributed by atoms with Crippen LogP contribution >= 0.6 is 0 Å². The minimum absolute atomic E-state index is 0.0873. The summed E-state index contributed by atoms with van der Waals surface area (Å²) < 4.78 is 43.7. The Balaban J connectivity index is 1.44. The van der Waals surface area contributed by atoms with Gasteiger partial charge in [-0.1, -0.05) is 0 Å². The van der Waals surface area contributed by atoms with Gasteiger partial charge in [0, 0.05) is 19.0 Å². The van der Waals surface area contributed by atoms with Crippen molar-refractivity contribution in [2.24, 2.45) is 0 Å². The van der Waals surface area contributed by atoms with Gasteiger partial charge in [0.2, 0.25) is 11.9 Å². The third-order valence-corrected chi connectivity index (χ3v) is 5.68. The van der Waals surface area contributed by atoms with E-state index in [9.17, 15) is 23.1 Å². The molecular weight excluding hydrogens is 453 g/mol. The number of ether oxygens (including phenoxy) is 1. The molecule has 0 saturated carbocycles. The number of pyridine rings is 1. The van der Waals surface area contributed by atoms with Crippen LogP contribution in [0.2, 0.25) is 0 Å². The number of amides is 1. The zero-order valence-electron chi connectivity index (χ0n) is 18.8. The second-order valence-electron chi connectivity index (χ2n) is 8.22. The lowest BCUT2D eigenvalue weighted by molar-refractivity contribution is -0.141. The van der Waals surface area contributed by atoms with Gasteiger partial charge in [-0.15, -0.1) is 0 Å². The molecule has 9 nitrogen and oxygen atoms in total. The number of halogens is 3. The number of aliphatic hydroxyl groups excluding tert-OH is 1. The Morgan fingerprint density at radius 2 is 2.12 bits per heavy atom. The average molecular weight is 478 g/mol. The molecule has 0 spiro atoms. The number of carbonyl (C=O) groups excluding carboxylic acids is 1. The molecule has 4 rings (SSSR count). The van der Waals surface area contributed by atoms with E-state index in [0.717, 1.165) is 12.3 Å². The van der Waals surface area contributed by atoms with Crippen LogP contribution in [0.25, 0.3) is 0 Å². The fraction of sp³-hybridized carbons (Fsp3) is 0.455. The van der Waals surface area contributed by atoms with Crippen LogP contribution in [-0.4, -0.2) is 50.7 Å². The Labute approximate surface area is 194 Å². The molecule has 0 radical (unpaired) electrons. The molecule has 0 saturated heterocycles. The van der Waals surface area contributed by atoms with E-state index in [1.807, 2.05) is 13.0 Å². The zero-order valence-corrected chi connectivity index (χ0v) is 18.8. The molecule has 0 bridgehead atoms. The normalized spacial score (nSPS) is 21.0. The number of hydrogen-bond acceptors (Lipinski definition) is 8. The zero-order chi connectivity index (χ0) is 24.6. The predicted octanol–water partition coefficient (Wildman–Crippen LogP) is 3.26. The van der Waals surface area contributed by atoms with Gasteiger partial charge in [0.15, 0.2) is 5.82 Å². The van der Waals surface area contributed by atoms with E-state index in [1.54, 1.807) is 18.7 Å². The third-order valence-electron chi connectivity index (χ3n) is 5.68. The number of aryl methyl sites for hydroxylation is 1. The standard InChI is InChI=1S/C22H25F3N6O3/c1-4-31-18(12(3)32)20(33)29-17-11(2)27-21(30-19(17)31)28-13-5-6-14(9-13)34-15-7-8-16(26-10-15)22(23,24)25/h6-8,10,12-13,18,32H,4-5,9H2,1-3H3,(H,29,33)(H,27,28,30)/t12-,13-,18-/m0/s1. The summed E-state index contributed by atoms with van der Waals surface area (Å²) in [4.78, 5) is 26.7. The topological polar surface area (TPSA) is 113 Å². The third kappa shape index (κ3) is 4.76. The van der Waals surface area contributed by atoms with Crippen molar-refractivity contribution in [1.29, 1.82) is 0 Å². The Bertz CT molecular complexity index is 1100. The smallest absolute Gasteiger partial charge is 0.433 e. The number of likely N-dealkylation sites (N-methyl/N-ethyl adjacent to an activating group) is 1. The van der Waals surface area contributed by atoms with Crippen molar-refractivity contribution in [1.82, 2.24) is 15.0 Å². The number of rotatable bonds is 6. The fourth-order valence-electron chi connectivity index (χ4n) is 4.09. The Morgan fingerprint density at radius 3 is 2.74 bits per heavy atom. The van der Waals surface area contributed by atoms with Gasteiger partial charge in [-0.25, -0.2) is 9.97 Å². The molecule has 182 valence electrons. The van der Waals surface area contributed by atoms with Gasteiger partial charge in [-0.3, -0.25) is 4.79 Å². The maximum Gasteiger partial charge on any atom is 0.433 e. The molecule has 0 fully saturated rings. The Morgan fingerprint density at radius 1 is 1.35 bits per heavy atom. The van der Waals surface area contributed by atoms with Gasteiger partial charge < -0.3 is 25.4 Å². The second kappa shape index (κ2) is 9.09. The highest BCUT2D eigenvalue weighted by Gasteiger charge is 2.38. The van der Waals surface area contributed by atoms with Crippen LogP contribution in [0.1, 0.15) is 38.1 Å². The Kier molecular flexibility index (Phi) is 6.34. The van der Waals surface area contributed by atoms with E-state index >= 15 is 0 Å². The lowest BCUT2D eigenvalue weighted by atomic mass is 10.1. The molecular formula is C22H25F3N6O3. The van der Waals surface area contributed by atoms with Gasteiger partial charge in [-0.05, 0) is 45.4 Å². The lowest BCUT2D eigenvalue weighted by Gasteiger charge is -2.38. The molecule has 3 heterocycles. The first-order valence-electron chi connectivity index (χ1n) is 10.9. The quantitative estimate of drug-likeness (QED) is 0.580. The number of nitrogens with one attached hydrogen (secondary N) is 2. The molecule has 2 aliphatic rings. The fourth-order valence-corrected chi connectivity index (χ4v) is 4.09. The number of alkyl halides is 3. The average Bonchev–Trinajstić information content (AvgIpc) is 3.19. The summed E-state index contributed by atoms with van der Waals surface area (Å²) in [6.07, 6.45) is -1.41. The number of fused-ring (bicyclic) bond motifs is 1. The first kappa shape index (κ1) is 23.7. The summed E-state index contributed by atoms with van der Waals surface area (Å²) in [6, 6.07) is 1.27. The van der Waals surface area contributed by atoms with E-state index in [4.69, 9.17) is 4.74 Å². The van der Waals surface area contributed by atoms with Crippen LogP contribution in [0, 0.1) is 6.92 Å². The SMILES string of the molecule is CCN1c2nc(N[C@H]3CC=C(Oc4ccc(C(F)(F)F)nc4)C3)nc(C)c2NC(=O)[C@@H]1[C@H](C)O. The molecule has 0 unspecified atom stereocenters. The molecule has 34 heavy (non-hydrogen) atoms. The minimum atomic E-state index is -4.50. The summed E-state index contributed by atoms with van der Waals surface area (Å²) in [7, 11) is 0. The molecule has 3 N–H and O–H groups in total. The van der Waals surface area contributed by atoms with Crippen molar-refractivity contribution in [3.05, 3.63) is 41.6 Å². The summed E-state index contributed by atoms with van der Waals surface area (Å²) >= 11 is 0. The van der Waals surface area contributed by atoms with Gasteiger partial charge >= 0.3 is 6.18 Å². The van der Waals surface area contributed by atoms with Crippen molar-refractivity contribution in [3.8, 4) is 5.75 Å². The van der Waals surface area contributed by atoms with Gasteiger partial charge in [0.05, 0.1) is 18.0 Å². The summed E-state index contributed by atoms with van der Waals surface area (Å²) in [5.41, 5.74) is 0.120. The van der Waals surface area contributed by atoms with Crippen LogP contribution in [0.4, 0.5) is 30.6 Å². The number of nitrogens with zero attached hydrogens (tertiary/aromatic N) is 4. The predicted molar refractivity (Wildman–Crippen MR) is 118 cm³/mol. The summed E-state index contributed by atoms with van der Waals surface area (Å²) in [6.45, 7) is 5.67. The molecule has 3 atom stereocenters. The highest BCUT2D eigenvalue weighted by Crippen LogP contribution is 2.35. The minimum Gasteiger partial charge on any atom is -0.460 e. The van der Waals surface area contributed by atoms with E-state index in [-0.39, 0.29) is 17.7 Å². The number of hydrogen-bond donors (Lipinski definition) is 3. The maximum absolute atomic E-state index is 12.7. The van der Waals surface area contributed by atoms with Crippen molar-refractivity contribution in [3.63, 3.8) is 0 Å². The lowest BCUT2D eigenvalue weighted by Crippen LogP contribution is -2.54. The van der Waals surface area contributed by atoms with Crippen molar-refractivity contribution in [2.75, 3.05) is 22.1 Å². The molecule has 1 amide bonds. The molecule has 12 heteroatoms. The summed E-state index contributed by atoms with van der Waals surface area (Å²) in [5, 5.41) is 16.2. The second-order valence-corrected chi connectivity index (χ2v) is 8.22.